The Balaban J connectivity index is 1.29. The van der Waals surface area contributed by atoms with Gasteiger partial charge in [-0.2, -0.15) is 0 Å². The van der Waals surface area contributed by atoms with Crippen LogP contribution in [-0.4, -0.2) is 28.5 Å². The second-order valence-corrected chi connectivity index (χ2v) is 9.38. The van der Waals surface area contributed by atoms with E-state index in [-0.39, 0.29) is 11.8 Å². The second-order valence-electron chi connectivity index (χ2n) is 9.38. The Hall–Kier alpha value is -3.60. The molecule has 1 aliphatic heterocycles. The average Bonchev–Trinajstić information content (AvgIpc) is 3.22. The molecule has 1 saturated heterocycles. The molecule has 0 atom stereocenters. The number of aromatic nitrogens is 2. The van der Waals surface area contributed by atoms with E-state index in [1.54, 1.807) is 0 Å². The van der Waals surface area contributed by atoms with Crippen molar-refractivity contribution in [3.63, 3.8) is 0 Å². The zero-order chi connectivity index (χ0) is 23.5. The summed E-state index contributed by atoms with van der Waals surface area (Å²) in [4.78, 5) is 20.2. The summed E-state index contributed by atoms with van der Waals surface area (Å²) in [5.74, 6) is 1.22. The van der Waals surface area contributed by atoms with E-state index in [2.05, 4.69) is 89.3 Å². The fraction of sp³-hybridized carbons (Fsp3) is 0.310. The minimum atomic E-state index is 0.0512. The highest BCUT2D eigenvalue weighted by atomic mass is 16.1. The van der Waals surface area contributed by atoms with Gasteiger partial charge in [0.2, 0.25) is 11.9 Å². The lowest BCUT2D eigenvalue weighted by Gasteiger charge is -2.32. The van der Waals surface area contributed by atoms with Crippen molar-refractivity contribution in [1.29, 1.82) is 0 Å². The molecule has 4 aromatic rings. The maximum absolute atomic E-state index is 12.8. The van der Waals surface area contributed by atoms with Crippen LogP contribution >= 0.6 is 0 Å². The summed E-state index contributed by atoms with van der Waals surface area (Å²) >= 11 is 0. The molecule has 0 aliphatic carbocycles. The molecule has 1 aliphatic rings. The number of anilines is 1. The van der Waals surface area contributed by atoms with Crippen LogP contribution in [-0.2, 0) is 17.9 Å². The van der Waals surface area contributed by atoms with Gasteiger partial charge in [-0.25, -0.2) is 4.98 Å². The van der Waals surface area contributed by atoms with Crippen molar-refractivity contribution < 1.29 is 4.79 Å². The van der Waals surface area contributed by atoms with E-state index in [4.69, 9.17) is 4.98 Å². The number of nitrogens with zero attached hydrogens (tertiary/aromatic N) is 3. The number of aryl methyl sites for hydroxylation is 2. The summed E-state index contributed by atoms with van der Waals surface area (Å²) in [5, 5.41) is 3.14. The van der Waals surface area contributed by atoms with Gasteiger partial charge in [0, 0.05) is 25.6 Å². The molecule has 0 saturated carbocycles. The molecule has 5 heteroatoms. The van der Waals surface area contributed by atoms with Crippen molar-refractivity contribution in [2.75, 3.05) is 18.0 Å². The molecule has 5 rings (SSSR count). The molecule has 2 heterocycles. The fourth-order valence-corrected chi connectivity index (χ4v) is 4.92. The number of carbonyl (C=O) groups is 1. The fourth-order valence-electron chi connectivity index (χ4n) is 4.92. The van der Waals surface area contributed by atoms with Crippen molar-refractivity contribution >= 4 is 22.9 Å². The highest BCUT2D eigenvalue weighted by Crippen LogP contribution is 2.28. The Kier molecular flexibility index (Phi) is 6.35. The topological polar surface area (TPSA) is 50.2 Å². The number of nitrogens with one attached hydrogen (secondary N) is 1. The van der Waals surface area contributed by atoms with Gasteiger partial charge in [-0.3, -0.25) is 4.79 Å². The molecule has 0 bridgehead atoms. The number of hydrogen-bond acceptors (Lipinski definition) is 3. The lowest BCUT2D eigenvalue weighted by Crippen LogP contribution is -2.41. The molecular weight excluding hydrogens is 420 g/mol. The number of imidazole rings is 1. The number of amides is 1. The third-order valence-electron chi connectivity index (χ3n) is 6.92. The van der Waals surface area contributed by atoms with E-state index in [9.17, 15) is 4.79 Å². The Morgan fingerprint density at radius 2 is 1.74 bits per heavy atom. The first-order valence-corrected chi connectivity index (χ1v) is 12.2. The monoisotopic (exact) mass is 452 g/mol. The maximum Gasteiger partial charge on any atom is 0.223 e. The number of fused-ring (bicyclic) bond motifs is 1. The van der Waals surface area contributed by atoms with E-state index < -0.39 is 0 Å². The normalized spacial score (nSPS) is 14.5. The lowest BCUT2D eigenvalue weighted by atomic mass is 9.96. The van der Waals surface area contributed by atoms with Gasteiger partial charge in [0.1, 0.15) is 0 Å². The number of para-hydroxylation sites is 2. The molecule has 1 amide bonds. The lowest BCUT2D eigenvalue weighted by molar-refractivity contribution is -0.125. The number of piperidine rings is 1. The van der Waals surface area contributed by atoms with Gasteiger partial charge in [-0.15, -0.1) is 0 Å². The second kappa shape index (κ2) is 9.72. The Morgan fingerprint density at radius 3 is 2.53 bits per heavy atom. The summed E-state index contributed by atoms with van der Waals surface area (Å²) in [6.45, 7) is 7.29. The van der Waals surface area contributed by atoms with Gasteiger partial charge in [0.25, 0.3) is 0 Å². The molecule has 174 valence electrons. The van der Waals surface area contributed by atoms with E-state index in [0.717, 1.165) is 55.0 Å². The Morgan fingerprint density at radius 1 is 0.971 bits per heavy atom. The van der Waals surface area contributed by atoms with Crippen LogP contribution in [0.1, 0.15) is 35.1 Å². The van der Waals surface area contributed by atoms with Gasteiger partial charge in [0.05, 0.1) is 17.6 Å². The highest BCUT2D eigenvalue weighted by molar-refractivity contribution is 5.80. The smallest absolute Gasteiger partial charge is 0.223 e. The number of benzene rings is 3. The molecule has 3 aromatic carbocycles. The van der Waals surface area contributed by atoms with Gasteiger partial charge < -0.3 is 14.8 Å². The quantitative estimate of drug-likeness (QED) is 0.436. The third kappa shape index (κ3) is 4.69. The Labute approximate surface area is 201 Å². The molecule has 0 unspecified atom stereocenters. The van der Waals surface area contributed by atoms with E-state index in [1.807, 2.05) is 12.1 Å². The Bertz CT molecular complexity index is 1300. The number of hydrogen-bond donors (Lipinski definition) is 1. The van der Waals surface area contributed by atoms with Gasteiger partial charge >= 0.3 is 0 Å². The van der Waals surface area contributed by atoms with Crippen LogP contribution in [0.3, 0.4) is 0 Å². The van der Waals surface area contributed by atoms with Crippen molar-refractivity contribution in [3.8, 4) is 0 Å². The summed E-state index contributed by atoms with van der Waals surface area (Å²) in [7, 11) is 0. The molecule has 1 fully saturated rings. The van der Waals surface area contributed by atoms with Crippen LogP contribution in [0.5, 0.6) is 0 Å². The van der Waals surface area contributed by atoms with E-state index in [1.165, 1.54) is 16.7 Å². The largest absolute Gasteiger partial charge is 0.352 e. The predicted octanol–water partition coefficient (Wildman–Crippen LogP) is 5.23. The van der Waals surface area contributed by atoms with Crippen molar-refractivity contribution in [2.45, 2.75) is 39.8 Å². The minimum Gasteiger partial charge on any atom is -0.352 e. The molecule has 1 N–H and O–H groups in total. The van der Waals surface area contributed by atoms with Crippen LogP contribution in [0.4, 0.5) is 5.95 Å². The van der Waals surface area contributed by atoms with Gasteiger partial charge in [-0.05, 0) is 55.5 Å². The minimum absolute atomic E-state index is 0.0512. The van der Waals surface area contributed by atoms with E-state index >= 15 is 0 Å². The number of rotatable bonds is 6. The van der Waals surface area contributed by atoms with E-state index in [0.29, 0.717) is 6.54 Å². The summed E-state index contributed by atoms with van der Waals surface area (Å²) in [5.41, 5.74) is 7.12. The maximum atomic E-state index is 12.8. The first kappa shape index (κ1) is 22.2. The molecule has 0 spiro atoms. The van der Waals surface area contributed by atoms with Crippen LogP contribution < -0.4 is 10.2 Å². The summed E-state index contributed by atoms with van der Waals surface area (Å²) < 4.78 is 2.33. The molecule has 5 nitrogen and oxygen atoms in total. The zero-order valence-electron chi connectivity index (χ0n) is 20.0. The summed E-state index contributed by atoms with van der Waals surface area (Å²) in [6.07, 6.45) is 1.68. The van der Waals surface area contributed by atoms with Crippen LogP contribution in [0.25, 0.3) is 11.0 Å². The number of carbonyl (C=O) groups excluding carboxylic acids is 1. The van der Waals surface area contributed by atoms with Crippen LogP contribution in [0, 0.1) is 19.8 Å². The summed E-state index contributed by atoms with van der Waals surface area (Å²) in [6, 6.07) is 25.2. The van der Waals surface area contributed by atoms with Crippen LogP contribution in [0.15, 0.2) is 72.8 Å². The van der Waals surface area contributed by atoms with Crippen molar-refractivity contribution in [3.05, 3.63) is 95.1 Å². The van der Waals surface area contributed by atoms with Crippen molar-refractivity contribution in [2.24, 2.45) is 5.92 Å². The highest BCUT2D eigenvalue weighted by Gasteiger charge is 2.27. The predicted molar refractivity (Wildman–Crippen MR) is 138 cm³/mol. The van der Waals surface area contributed by atoms with Gasteiger partial charge in [-0.1, -0.05) is 66.2 Å². The average molecular weight is 453 g/mol. The van der Waals surface area contributed by atoms with Gasteiger partial charge in [0.15, 0.2) is 0 Å². The molecular formula is C29H32N4O. The van der Waals surface area contributed by atoms with Crippen LogP contribution in [0.2, 0.25) is 0 Å². The molecule has 34 heavy (non-hydrogen) atoms. The molecule has 1 aromatic heterocycles. The first-order chi connectivity index (χ1) is 16.6. The first-order valence-electron chi connectivity index (χ1n) is 12.2. The zero-order valence-corrected chi connectivity index (χ0v) is 20.0. The standard InChI is InChI=1S/C29H32N4O/c1-21-8-7-10-23(18-21)19-30-28(34)24-14-16-32(17-15-24)29-31-26-12-5-6-13-27(26)33(29)20-25-11-4-3-9-22(25)2/h3-13,18,24H,14-17,19-20H2,1-2H3,(H,30,34). The SMILES string of the molecule is Cc1cccc(CNC(=O)C2CCN(c3nc4ccccc4n3Cc3ccccc3C)CC2)c1. The van der Waals surface area contributed by atoms with Crippen molar-refractivity contribution in [1.82, 2.24) is 14.9 Å². The molecule has 0 radical (unpaired) electrons. The third-order valence-corrected chi connectivity index (χ3v) is 6.92.